The molecule has 0 saturated heterocycles. The Morgan fingerprint density at radius 1 is 0.906 bits per heavy atom. The van der Waals surface area contributed by atoms with E-state index in [-0.39, 0.29) is 29.4 Å². The standard InChI is InChI=1S/C26H29NO5/c1-26(2)14-20-25(21(28)15-26)18(17-8-6-7-9-22(17)31-4)13-24(29)27(20)19-12-16(30-3)10-11-23(19)32-5/h6-12,18H,13-15H2,1-5H3. The molecule has 0 N–H and O–H groups in total. The Labute approximate surface area is 188 Å². The number of Topliss-reactive ketones (excluding diaryl/α,β-unsaturated/α-hetero) is 1. The lowest BCUT2D eigenvalue weighted by molar-refractivity contribution is -0.121. The van der Waals surface area contributed by atoms with Gasteiger partial charge in [0.2, 0.25) is 5.91 Å². The molecular weight excluding hydrogens is 406 g/mol. The van der Waals surface area contributed by atoms with Gasteiger partial charge >= 0.3 is 0 Å². The van der Waals surface area contributed by atoms with E-state index < -0.39 is 0 Å². The first-order valence-corrected chi connectivity index (χ1v) is 10.7. The Morgan fingerprint density at radius 3 is 2.31 bits per heavy atom. The molecule has 1 aliphatic heterocycles. The molecule has 1 unspecified atom stereocenters. The Kier molecular flexibility index (Phi) is 5.71. The number of amides is 1. The van der Waals surface area contributed by atoms with E-state index in [4.69, 9.17) is 14.2 Å². The normalized spacial score (nSPS) is 20.2. The van der Waals surface area contributed by atoms with E-state index in [1.165, 1.54) is 0 Å². The third-order valence-electron chi connectivity index (χ3n) is 6.28. The summed E-state index contributed by atoms with van der Waals surface area (Å²) in [6.45, 7) is 4.12. The first-order valence-electron chi connectivity index (χ1n) is 10.7. The van der Waals surface area contributed by atoms with Crippen LogP contribution < -0.4 is 19.1 Å². The number of hydrogen-bond donors (Lipinski definition) is 0. The number of hydrogen-bond acceptors (Lipinski definition) is 5. The number of carbonyl (C=O) groups excluding carboxylic acids is 2. The van der Waals surface area contributed by atoms with Crippen LogP contribution in [0.25, 0.3) is 0 Å². The molecule has 6 heteroatoms. The molecule has 1 aliphatic carbocycles. The van der Waals surface area contributed by atoms with E-state index in [1.54, 1.807) is 44.4 Å². The molecule has 0 spiro atoms. The van der Waals surface area contributed by atoms with E-state index in [0.717, 1.165) is 11.3 Å². The SMILES string of the molecule is COc1ccc(OC)c(N2C(=O)CC(c3ccccc3OC)C3=C2CC(C)(C)CC3=O)c1. The molecule has 6 nitrogen and oxygen atoms in total. The topological polar surface area (TPSA) is 65.1 Å². The average Bonchev–Trinajstić information content (AvgIpc) is 2.77. The minimum absolute atomic E-state index is 0.0755. The molecule has 2 aromatic carbocycles. The fourth-order valence-corrected chi connectivity index (χ4v) is 4.89. The lowest BCUT2D eigenvalue weighted by Gasteiger charge is -2.43. The molecule has 2 aliphatic rings. The van der Waals surface area contributed by atoms with Crippen molar-refractivity contribution in [2.24, 2.45) is 5.41 Å². The maximum atomic E-state index is 13.7. The van der Waals surface area contributed by atoms with Crippen LogP contribution in [0.5, 0.6) is 17.2 Å². The zero-order valence-electron chi connectivity index (χ0n) is 19.2. The molecule has 1 atom stereocenters. The molecule has 168 valence electrons. The first kappa shape index (κ1) is 21.9. The van der Waals surface area contributed by atoms with Crippen molar-refractivity contribution in [3.63, 3.8) is 0 Å². The summed E-state index contributed by atoms with van der Waals surface area (Å²) in [6, 6.07) is 13.0. The van der Waals surface area contributed by atoms with Crippen molar-refractivity contribution < 1.29 is 23.8 Å². The molecule has 0 radical (unpaired) electrons. The van der Waals surface area contributed by atoms with Crippen molar-refractivity contribution >= 4 is 17.4 Å². The predicted octanol–water partition coefficient (Wildman–Crippen LogP) is 4.88. The van der Waals surface area contributed by atoms with Gasteiger partial charge in [0.15, 0.2) is 5.78 Å². The molecule has 0 aromatic heterocycles. The highest BCUT2D eigenvalue weighted by molar-refractivity contribution is 6.08. The minimum Gasteiger partial charge on any atom is -0.497 e. The number of para-hydroxylation sites is 1. The van der Waals surface area contributed by atoms with Gasteiger partial charge in [-0.2, -0.15) is 0 Å². The van der Waals surface area contributed by atoms with Gasteiger partial charge in [-0.05, 0) is 30.0 Å². The van der Waals surface area contributed by atoms with Gasteiger partial charge in [-0.1, -0.05) is 32.0 Å². The number of ketones is 1. The van der Waals surface area contributed by atoms with Gasteiger partial charge in [-0.25, -0.2) is 0 Å². The number of rotatable bonds is 5. The van der Waals surface area contributed by atoms with Crippen LogP contribution in [0.1, 0.15) is 44.6 Å². The molecule has 2 aromatic rings. The number of anilines is 1. The third-order valence-corrected chi connectivity index (χ3v) is 6.28. The number of benzene rings is 2. The summed E-state index contributed by atoms with van der Waals surface area (Å²) in [5, 5.41) is 0. The van der Waals surface area contributed by atoms with E-state index >= 15 is 0 Å². The van der Waals surface area contributed by atoms with Crippen molar-refractivity contribution in [3.05, 3.63) is 59.3 Å². The summed E-state index contributed by atoms with van der Waals surface area (Å²) < 4.78 is 16.6. The van der Waals surface area contributed by atoms with E-state index in [0.29, 0.717) is 41.4 Å². The van der Waals surface area contributed by atoms with Crippen LogP contribution in [-0.2, 0) is 9.59 Å². The molecule has 1 amide bonds. The quantitative estimate of drug-likeness (QED) is 0.670. The number of methoxy groups -OCH3 is 3. The van der Waals surface area contributed by atoms with Crippen LogP contribution in [-0.4, -0.2) is 33.0 Å². The molecule has 0 bridgehead atoms. The molecule has 32 heavy (non-hydrogen) atoms. The van der Waals surface area contributed by atoms with Crippen LogP contribution in [0.2, 0.25) is 0 Å². The summed E-state index contributed by atoms with van der Waals surface area (Å²) >= 11 is 0. The van der Waals surface area contributed by atoms with E-state index in [1.807, 2.05) is 24.3 Å². The third kappa shape index (κ3) is 3.74. The maximum absolute atomic E-state index is 13.7. The maximum Gasteiger partial charge on any atom is 0.232 e. The summed E-state index contributed by atoms with van der Waals surface area (Å²) in [4.78, 5) is 28.8. The molecule has 0 saturated carbocycles. The lowest BCUT2D eigenvalue weighted by Crippen LogP contribution is -2.44. The highest BCUT2D eigenvalue weighted by Gasteiger charge is 2.45. The highest BCUT2D eigenvalue weighted by Crippen LogP contribution is 2.50. The smallest absolute Gasteiger partial charge is 0.232 e. The summed E-state index contributed by atoms with van der Waals surface area (Å²) in [5.41, 5.74) is 2.63. The zero-order chi connectivity index (χ0) is 23.0. The largest absolute Gasteiger partial charge is 0.497 e. The molecule has 1 heterocycles. The monoisotopic (exact) mass is 435 g/mol. The Balaban J connectivity index is 1.96. The van der Waals surface area contributed by atoms with Gasteiger partial charge in [-0.3, -0.25) is 14.5 Å². The molecule has 4 rings (SSSR count). The van der Waals surface area contributed by atoms with Crippen molar-refractivity contribution in [1.29, 1.82) is 0 Å². The number of nitrogens with zero attached hydrogens (tertiary/aromatic N) is 1. The van der Waals surface area contributed by atoms with Crippen molar-refractivity contribution in [2.75, 3.05) is 26.2 Å². The Morgan fingerprint density at radius 2 is 1.62 bits per heavy atom. The van der Waals surface area contributed by atoms with Crippen molar-refractivity contribution in [1.82, 2.24) is 0 Å². The number of carbonyl (C=O) groups is 2. The van der Waals surface area contributed by atoms with E-state index in [2.05, 4.69) is 13.8 Å². The first-order chi connectivity index (χ1) is 15.3. The van der Waals surface area contributed by atoms with Gasteiger partial charge < -0.3 is 14.2 Å². The van der Waals surface area contributed by atoms with Gasteiger partial charge in [0.25, 0.3) is 0 Å². The molecular formula is C26H29NO5. The van der Waals surface area contributed by atoms with Gasteiger partial charge in [0.1, 0.15) is 17.2 Å². The van der Waals surface area contributed by atoms with Crippen molar-refractivity contribution in [3.8, 4) is 17.2 Å². The predicted molar refractivity (Wildman–Crippen MR) is 122 cm³/mol. The zero-order valence-corrected chi connectivity index (χ0v) is 19.2. The Bertz CT molecular complexity index is 1100. The van der Waals surface area contributed by atoms with Crippen LogP contribution in [0, 0.1) is 5.41 Å². The number of ether oxygens (including phenoxy) is 3. The van der Waals surface area contributed by atoms with Crippen LogP contribution in [0.15, 0.2) is 53.7 Å². The lowest BCUT2D eigenvalue weighted by atomic mass is 9.69. The van der Waals surface area contributed by atoms with Crippen LogP contribution in [0.4, 0.5) is 5.69 Å². The van der Waals surface area contributed by atoms with Crippen LogP contribution in [0.3, 0.4) is 0 Å². The van der Waals surface area contributed by atoms with Crippen LogP contribution >= 0.6 is 0 Å². The van der Waals surface area contributed by atoms with Gasteiger partial charge in [0, 0.05) is 41.7 Å². The van der Waals surface area contributed by atoms with E-state index in [9.17, 15) is 9.59 Å². The van der Waals surface area contributed by atoms with Gasteiger partial charge in [-0.15, -0.1) is 0 Å². The second kappa shape index (κ2) is 8.34. The average molecular weight is 436 g/mol. The fraction of sp³-hybridized carbons (Fsp3) is 0.385. The van der Waals surface area contributed by atoms with Crippen molar-refractivity contribution in [2.45, 2.75) is 39.0 Å². The Hall–Kier alpha value is -3.28. The second-order valence-corrected chi connectivity index (χ2v) is 9.07. The summed E-state index contributed by atoms with van der Waals surface area (Å²) in [6.07, 6.45) is 1.21. The molecule has 0 fully saturated rings. The number of allylic oxidation sites excluding steroid dienone is 2. The summed E-state index contributed by atoms with van der Waals surface area (Å²) in [5.74, 6) is 1.50. The van der Waals surface area contributed by atoms with Gasteiger partial charge in [0.05, 0.1) is 27.0 Å². The highest BCUT2D eigenvalue weighted by atomic mass is 16.5. The summed E-state index contributed by atoms with van der Waals surface area (Å²) in [7, 11) is 4.76. The minimum atomic E-state index is -0.342. The fourth-order valence-electron chi connectivity index (χ4n) is 4.89. The second-order valence-electron chi connectivity index (χ2n) is 9.07.